The number of nitrogens with zero attached hydrogens (tertiary/aromatic N) is 3. The van der Waals surface area contributed by atoms with Gasteiger partial charge in [0.1, 0.15) is 0 Å². The number of rotatable bonds is 4. The smallest absolute Gasteiger partial charge is 0.261 e. The Hall–Kier alpha value is -3.80. The molecule has 1 N–H and O–H groups in total. The predicted molar refractivity (Wildman–Crippen MR) is 111 cm³/mol. The molecule has 0 aliphatic heterocycles. The van der Waals surface area contributed by atoms with Crippen LogP contribution in [0.2, 0.25) is 0 Å². The fourth-order valence-corrected chi connectivity index (χ4v) is 3.66. The van der Waals surface area contributed by atoms with E-state index in [1.807, 2.05) is 30.5 Å². The third-order valence-electron chi connectivity index (χ3n) is 5.18. The minimum atomic E-state index is -0.551. The highest BCUT2D eigenvalue weighted by Crippen LogP contribution is 2.22. The van der Waals surface area contributed by atoms with E-state index in [2.05, 4.69) is 21.0 Å². The highest BCUT2D eigenvalue weighted by Gasteiger charge is 2.09. The van der Waals surface area contributed by atoms with Gasteiger partial charge in [0.25, 0.3) is 5.56 Å². The summed E-state index contributed by atoms with van der Waals surface area (Å²) >= 11 is 0. The van der Waals surface area contributed by atoms with Gasteiger partial charge in [-0.2, -0.15) is 4.39 Å². The van der Waals surface area contributed by atoms with Crippen LogP contribution >= 0.6 is 0 Å². The van der Waals surface area contributed by atoms with E-state index in [4.69, 9.17) is 0 Å². The Morgan fingerprint density at radius 1 is 0.966 bits per heavy atom. The van der Waals surface area contributed by atoms with Crippen molar-refractivity contribution in [1.29, 1.82) is 0 Å². The zero-order valence-corrected chi connectivity index (χ0v) is 15.5. The molecule has 142 valence electrons. The summed E-state index contributed by atoms with van der Waals surface area (Å²) in [5, 5.41) is 1.68. The number of H-pyrrole nitrogens is 1. The number of aryl methyl sites for hydroxylation is 2. The van der Waals surface area contributed by atoms with Crippen LogP contribution in [0.4, 0.5) is 4.39 Å². The van der Waals surface area contributed by atoms with E-state index in [-0.39, 0.29) is 5.56 Å². The molecule has 0 saturated heterocycles. The first kappa shape index (κ1) is 17.3. The minimum absolute atomic E-state index is 0.105. The number of aromatic nitrogens is 4. The summed E-state index contributed by atoms with van der Waals surface area (Å²) < 4.78 is 15.1. The molecule has 5 aromatic rings. The molecule has 0 unspecified atom stereocenters. The van der Waals surface area contributed by atoms with Crippen molar-refractivity contribution in [3.8, 4) is 11.1 Å². The van der Waals surface area contributed by atoms with E-state index in [0.29, 0.717) is 29.4 Å². The summed E-state index contributed by atoms with van der Waals surface area (Å²) in [6.45, 7) is 0.526. The van der Waals surface area contributed by atoms with Gasteiger partial charge >= 0.3 is 0 Å². The maximum absolute atomic E-state index is 13.5. The van der Waals surface area contributed by atoms with Crippen molar-refractivity contribution in [3.05, 3.63) is 95.2 Å². The Balaban J connectivity index is 1.50. The van der Waals surface area contributed by atoms with Crippen molar-refractivity contribution >= 4 is 21.8 Å². The second-order valence-electron chi connectivity index (χ2n) is 6.95. The molecule has 0 aliphatic carbocycles. The van der Waals surface area contributed by atoms with Gasteiger partial charge in [0, 0.05) is 35.9 Å². The number of aromatic amines is 1. The van der Waals surface area contributed by atoms with Crippen molar-refractivity contribution in [2.45, 2.75) is 13.0 Å². The molecule has 3 heterocycles. The number of para-hydroxylation sites is 1. The molecular weight excluding hydrogens is 367 g/mol. The summed E-state index contributed by atoms with van der Waals surface area (Å²) in [5.74, 6) is -0.551. The summed E-state index contributed by atoms with van der Waals surface area (Å²) in [6, 6.07) is 16.6. The zero-order chi connectivity index (χ0) is 19.8. The molecule has 5 nitrogen and oxygen atoms in total. The highest BCUT2D eigenvalue weighted by atomic mass is 19.1. The second-order valence-corrected chi connectivity index (χ2v) is 6.95. The zero-order valence-electron chi connectivity index (χ0n) is 15.5. The molecule has 0 bridgehead atoms. The van der Waals surface area contributed by atoms with Crippen LogP contribution in [0.3, 0.4) is 0 Å². The van der Waals surface area contributed by atoms with Gasteiger partial charge < -0.3 is 4.98 Å². The van der Waals surface area contributed by atoms with Crippen LogP contribution in [0.1, 0.15) is 5.56 Å². The van der Waals surface area contributed by atoms with Gasteiger partial charge in [-0.1, -0.05) is 24.3 Å². The first-order chi connectivity index (χ1) is 14.2. The lowest BCUT2D eigenvalue weighted by atomic mass is 10.0. The molecule has 0 atom stereocenters. The standard InChI is InChI=1S/C23H17FN4O/c24-22-12-16(7-9-25-22)15-5-6-21-19(11-15)23(29)28(14-27-21)10-8-17-13-26-20-4-2-1-3-18(17)20/h1-7,9,11-14,26H,8,10H2. The average molecular weight is 384 g/mol. The molecular formula is C23H17FN4O. The monoisotopic (exact) mass is 384 g/mol. The lowest BCUT2D eigenvalue weighted by molar-refractivity contribution is 0.584. The second kappa shape index (κ2) is 6.98. The number of halogens is 1. The van der Waals surface area contributed by atoms with Crippen molar-refractivity contribution in [1.82, 2.24) is 19.5 Å². The molecule has 0 fully saturated rings. The number of benzene rings is 2. The predicted octanol–water partition coefficient (Wildman–Crippen LogP) is 4.32. The van der Waals surface area contributed by atoms with Crippen molar-refractivity contribution in [2.75, 3.05) is 0 Å². The topological polar surface area (TPSA) is 63.6 Å². The van der Waals surface area contributed by atoms with Gasteiger partial charge in [0.15, 0.2) is 0 Å². The molecule has 2 aromatic carbocycles. The minimum Gasteiger partial charge on any atom is -0.361 e. The van der Waals surface area contributed by atoms with E-state index < -0.39 is 5.95 Å². The number of hydrogen-bond acceptors (Lipinski definition) is 3. The number of nitrogens with one attached hydrogen (secondary N) is 1. The maximum atomic E-state index is 13.5. The lowest BCUT2D eigenvalue weighted by Gasteiger charge is -2.08. The van der Waals surface area contributed by atoms with E-state index in [1.54, 1.807) is 29.1 Å². The fraction of sp³-hybridized carbons (Fsp3) is 0.0870. The van der Waals surface area contributed by atoms with Crippen LogP contribution in [0.25, 0.3) is 32.9 Å². The SMILES string of the molecule is O=c1c2cc(-c3ccnc(F)c3)ccc2ncn1CCc1c[nH]c2ccccc12. The highest BCUT2D eigenvalue weighted by molar-refractivity contribution is 5.84. The van der Waals surface area contributed by atoms with Crippen molar-refractivity contribution in [3.63, 3.8) is 0 Å². The molecule has 0 saturated carbocycles. The molecule has 6 heteroatoms. The van der Waals surface area contributed by atoms with E-state index >= 15 is 0 Å². The summed E-state index contributed by atoms with van der Waals surface area (Å²) in [4.78, 5) is 24.3. The Bertz CT molecular complexity index is 1400. The Labute approximate surface area is 165 Å². The van der Waals surface area contributed by atoms with Crippen molar-refractivity contribution < 1.29 is 4.39 Å². The van der Waals surface area contributed by atoms with E-state index in [0.717, 1.165) is 22.0 Å². The third kappa shape index (κ3) is 3.18. The Morgan fingerprint density at radius 3 is 2.72 bits per heavy atom. The van der Waals surface area contributed by atoms with Gasteiger partial charge in [-0.05, 0) is 47.4 Å². The van der Waals surface area contributed by atoms with Crippen LogP contribution in [-0.2, 0) is 13.0 Å². The molecule has 29 heavy (non-hydrogen) atoms. The summed E-state index contributed by atoms with van der Waals surface area (Å²) in [5.41, 5.74) is 4.19. The Morgan fingerprint density at radius 2 is 1.83 bits per heavy atom. The van der Waals surface area contributed by atoms with Crippen LogP contribution in [0.15, 0.2) is 78.1 Å². The first-order valence-corrected chi connectivity index (χ1v) is 9.35. The molecule has 5 rings (SSSR count). The normalized spacial score (nSPS) is 11.3. The number of hydrogen-bond donors (Lipinski definition) is 1. The van der Waals surface area contributed by atoms with E-state index in [1.165, 1.54) is 12.3 Å². The van der Waals surface area contributed by atoms with Gasteiger partial charge in [0.05, 0.1) is 17.2 Å². The van der Waals surface area contributed by atoms with Gasteiger partial charge in [-0.15, -0.1) is 0 Å². The molecule has 0 aliphatic rings. The quantitative estimate of drug-likeness (QED) is 0.469. The lowest BCUT2D eigenvalue weighted by Crippen LogP contribution is -2.21. The van der Waals surface area contributed by atoms with Crippen LogP contribution in [-0.4, -0.2) is 19.5 Å². The summed E-state index contributed by atoms with van der Waals surface area (Å²) in [7, 11) is 0. The van der Waals surface area contributed by atoms with Crippen LogP contribution < -0.4 is 5.56 Å². The largest absolute Gasteiger partial charge is 0.361 e. The molecule has 0 spiro atoms. The maximum Gasteiger partial charge on any atom is 0.261 e. The Kier molecular flexibility index (Phi) is 4.17. The fourth-order valence-electron chi connectivity index (χ4n) is 3.66. The van der Waals surface area contributed by atoms with Crippen LogP contribution in [0.5, 0.6) is 0 Å². The molecule has 0 radical (unpaired) electrons. The van der Waals surface area contributed by atoms with Crippen molar-refractivity contribution in [2.24, 2.45) is 0 Å². The van der Waals surface area contributed by atoms with Gasteiger partial charge in [0.2, 0.25) is 5.95 Å². The van der Waals surface area contributed by atoms with E-state index in [9.17, 15) is 9.18 Å². The number of fused-ring (bicyclic) bond motifs is 2. The molecule has 3 aromatic heterocycles. The first-order valence-electron chi connectivity index (χ1n) is 9.35. The van der Waals surface area contributed by atoms with Gasteiger partial charge in [-0.25, -0.2) is 9.97 Å². The summed E-state index contributed by atoms with van der Waals surface area (Å²) in [6.07, 6.45) is 5.70. The average Bonchev–Trinajstić information content (AvgIpc) is 3.16. The number of pyridine rings is 1. The molecule has 0 amide bonds. The third-order valence-corrected chi connectivity index (χ3v) is 5.18. The van der Waals surface area contributed by atoms with Gasteiger partial charge in [-0.3, -0.25) is 9.36 Å². The van der Waals surface area contributed by atoms with Crippen LogP contribution in [0, 0.1) is 5.95 Å².